The van der Waals surface area contributed by atoms with Crippen molar-refractivity contribution in [2.24, 2.45) is 5.92 Å². The van der Waals surface area contributed by atoms with Crippen LogP contribution >= 0.6 is 11.3 Å². The summed E-state index contributed by atoms with van der Waals surface area (Å²) >= 11 is 1.58. The van der Waals surface area contributed by atoms with Gasteiger partial charge < -0.3 is 10.2 Å². The van der Waals surface area contributed by atoms with E-state index in [1.54, 1.807) is 40.5 Å². The summed E-state index contributed by atoms with van der Waals surface area (Å²) in [6.45, 7) is 1.76. The highest BCUT2D eigenvalue weighted by molar-refractivity contribution is 7.10. The lowest BCUT2D eigenvalue weighted by Crippen LogP contribution is -2.41. The molecule has 1 fully saturated rings. The van der Waals surface area contributed by atoms with E-state index in [0.29, 0.717) is 25.6 Å². The third-order valence-corrected chi connectivity index (χ3v) is 5.35. The molecule has 1 aliphatic heterocycles. The number of piperidine rings is 1. The highest BCUT2D eigenvalue weighted by Crippen LogP contribution is 2.19. The summed E-state index contributed by atoms with van der Waals surface area (Å²) < 4.78 is 13.8. The molecule has 2 aromatic rings. The molecule has 1 aromatic carbocycles. The summed E-state index contributed by atoms with van der Waals surface area (Å²) in [6, 6.07) is 9.97. The predicted octanol–water partition coefficient (Wildman–Crippen LogP) is 3.57. The average Bonchev–Trinajstić information content (AvgIpc) is 3.18. The van der Waals surface area contributed by atoms with Gasteiger partial charge in [0.25, 0.3) is 5.91 Å². The lowest BCUT2D eigenvalue weighted by atomic mass is 9.96. The first-order valence-corrected chi connectivity index (χ1v) is 9.54. The van der Waals surface area contributed by atoms with Gasteiger partial charge in [-0.05, 0) is 48.4 Å². The Bertz CT molecular complexity index is 781. The average molecular weight is 372 g/mol. The molecular weight excluding hydrogens is 351 g/mol. The second kappa shape index (κ2) is 8.76. The van der Waals surface area contributed by atoms with Gasteiger partial charge in [-0.25, -0.2) is 4.39 Å². The standard InChI is InChI=1S/C20H21FN2O2S/c21-18-6-2-1-5-17(18)20(25)23-11-9-15(10-12-23)14-22-19(24)8-7-16-4-3-13-26-16/h1-8,13,15H,9-12,14H2,(H,22,24)/b8-7+. The van der Waals surface area contributed by atoms with Crippen molar-refractivity contribution >= 4 is 29.2 Å². The van der Waals surface area contributed by atoms with Crippen LogP contribution in [0, 0.1) is 11.7 Å². The van der Waals surface area contributed by atoms with Gasteiger partial charge >= 0.3 is 0 Å². The monoisotopic (exact) mass is 372 g/mol. The fraction of sp³-hybridized carbons (Fsp3) is 0.300. The Morgan fingerprint density at radius 1 is 1.19 bits per heavy atom. The normalized spacial score (nSPS) is 15.3. The Balaban J connectivity index is 1.43. The molecule has 6 heteroatoms. The van der Waals surface area contributed by atoms with Crippen LogP contribution in [0.5, 0.6) is 0 Å². The van der Waals surface area contributed by atoms with E-state index < -0.39 is 5.82 Å². The van der Waals surface area contributed by atoms with Crippen molar-refractivity contribution in [2.75, 3.05) is 19.6 Å². The van der Waals surface area contributed by atoms with Crippen molar-refractivity contribution < 1.29 is 14.0 Å². The molecule has 0 radical (unpaired) electrons. The lowest BCUT2D eigenvalue weighted by Gasteiger charge is -2.32. The highest BCUT2D eigenvalue weighted by atomic mass is 32.1. The van der Waals surface area contributed by atoms with Gasteiger partial charge in [-0.3, -0.25) is 9.59 Å². The van der Waals surface area contributed by atoms with Gasteiger partial charge in [0.2, 0.25) is 5.91 Å². The Kier molecular flexibility index (Phi) is 6.17. The van der Waals surface area contributed by atoms with Crippen molar-refractivity contribution in [1.29, 1.82) is 0 Å². The molecule has 1 aromatic heterocycles. The van der Waals surface area contributed by atoms with E-state index in [-0.39, 0.29) is 17.4 Å². The van der Waals surface area contributed by atoms with Gasteiger partial charge in [0, 0.05) is 30.6 Å². The number of amides is 2. The van der Waals surface area contributed by atoms with Crippen LogP contribution in [-0.2, 0) is 4.79 Å². The van der Waals surface area contributed by atoms with Gasteiger partial charge in [-0.1, -0.05) is 18.2 Å². The van der Waals surface area contributed by atoms with Crippen molar-refractivity contribution in [3.05, 3.63) is 64.1 Å². The van der Waals surface area contributed by atoms with Crippen molar-refractivity contribution in [1.82, 2.24) is 10.2 Å². The third-order valence-electron chi connectivity index (χ3n) is 4.51. The molecular formula is C20H21FN2O2S. The van der Waals surface area contributed by atoms with Crippen LogP contribution in [0.15, 0.2) is 47.9 Å². The fourth-order valence-electron chi connectivity index (χ4n) is 2.99. The van der Waals surface area contributed by atoms with Crippen molar-refractivity contribution in [2.45, 2.75) is 12.8 Å². The number of thiophene rings is 1. The quantitative estimate of drug-likeness (QED) is 0.816. The number of benzene rings is 1. The fourth-order valence-corrected chi connectivity index (χ4v) is 3.61. The zero-order chi connectivity index (χ0) is 18.4. The molecule has 26 heavy (non-hydrogen) atoms. The number of halogens is 1. The number of hydrogen-bond donors (Lipinski definition) is 1. The van der Waals surface area contributed by atoms with Crippen LogP contribution < -0.4 is 5.32 Å². The Morgan fingerprint density at radius 2 is 1.96 bits per heavy atom. The van der Waals surface area contributed by atoms with E-state index in [2.05, 4.69) is 5.32 Å². The first kappa shape index (κ1) is 18.3. The summed E-state index contributed by atoms with van der Waals surface area (Å²) in [7, 11) is 0. The number of nitrogens with one attached hydrogen (secondary N) is 1. The smallest absolute Gasteiger partial charge is 0.256 e. The lowest BCUT2D eigenvalue weighted by molar-refractivity contribution is -0.116. The number of rotatable bonds is 5. The minimum atomic E-state index is -0.482. The molecule has 0 unspecified atom stereocenters. The summed E-state index contributed by atoms with van der Waals surface area (Å²) in [6.07, 6.45) is 4.95. The molecule has 3 rings (SSSR count). The van der Waals surface area contributed by atoms with E-state index in [4.69, 9.17) is 0 Å². The summed E-state index contributed by atoms with van der Waals surface area (Å²) in [5.41, 5.74) is 0.123. The second-order valence-electron chi connectivity index (χ2n) is 6.31. The maximum Gasteiger partial charge on any atom is 0.256 e. The van der Waals surface area contributed by atoms with E-state index in [1.165, 1.54) is 12.1 Å². The van der Waals surface area contributed by atoms with Gasteiger partial charge in [0.05, 0.1) is 5.56 Å². The molecule has 2 heterocycles. The Labute approximate surface area is 156 Å². The molecule has 136 valence electrons. The highest BCUT2D eigenvalue weighted by Gasteiger charge is 2.25. The van der Waals surface area contributed by atoms with E-state index >= 15 is 0 Å². The molecule has 0 saturated carbocycles. The third kappa shape index (κ3) is 4.79. The van der Waals surface area contributed by atoms with Crippen LogP contribution in [0.2, 0.25) is 0 Å². The van der Waals surface area contributed by atoms with E-state index in [1.807, 2.05) is 17.5 Å². The molecule has 4 nitrogen and oxygen atoms in total. The predicted molar refractivity (Wildman–Crippen MR) is 101 cm³/mol. The largest absolute Gasteiger partial charge is 0.352 e. The van der Waals surface area contributed by atoms with Crippen LogP contribution in [-0.4, -0.2) is 36.3 Å². The van der Waals surface area contributed by atoms with Crippen molar-refractivity contribution in [3.8, 4) is 0 Å². The Hall–Kier alpha value is -2.47. The minimum Gasteiger partial charge on any atom is -0.352 e. The van der Waals surface area contributed by atoms with Crippen LogP contribution in [0.25, 0.3) is 6.08 Å². The van der Waals surface area contributed by atoms with Gasteiger partial charge in [0.1, 0.15) is 5.82 Å². The van der Waals surface area contributed by atoms with E-state index in [0.717, 1.165) is 17.7 Å². The van der Waals surface area contributed by atoms with Crippen LogP contribution in [0.4, 0.5) is 4.39 Å². The molecule has 1 saturated heterocycles. The molecule has 0 bridgehead atoms. The molecule has 0 spiro atoms. The number of hydrogen-bond acceptors (Lipinski definition) is 3. The SMILES string of the molecule is O=C(/C=C/c1cccs1)NCC1CCN(C(=O)c2ccccc2F)CC1. The second-order valence-corrected chi connectivity index (χ2v) is 7.29. The summed E-state index contributed by atoms with van der Waals surface area (Å²) in [4.78, 5) is 27.0. The summed E-state index contributed by atoms with van der Waals surface area (Å²) in [5, 5.41) is 4.88. The summed E-state index contributed by atoms with van der Waals surface area (Å²) in [5.74, 6) is -0.518. The van der Waals surface area contributed by atoms with Crippen LogP contribution in [0.3, 0.4) is 0 Å². The molecule has 0 aliphatic carbocycles. The van der Waals surface area contributed by atoms with Gasteiger partial charge in [-0.15, -0.1) is 11.3 Å². The zero-order valence-electron chi connectivity index (χ0n) is 14.4. The molecule has 0 atom stereocenters. The first-order chi connectivity index (χ1) is 12.6. The Morgan fingerprint density at radius 3 is 2.65 bits per heavy atom. The van der Waals surface area contributed by atoms with Gasteiger partial charge in [-0.2, -0.15) is 0 Å². The number of nitrogens with zero attached hydrogens (tertiary/aromatic N) is 1. The molecule has 1 N–H and O–H groups in total. The minimum absolute atomic E-state index is 0.108. The molecule has 2 amide bonds. The van der Waals surface area contributed by atoms with Crippen LogP contribution in [0.1, 0.15) is 28.1 Å². The maximum atomic E-state index is 13.8. The number of carbonyl (C=O) groups is 2. The maximum absolute atomic E-state index is 13.8. The first-order valence-electron chi connectivity index (χ1n) is 8.66. The van der Waals surface area contributed by atoms with Crippen molar-refractivity contribution in [3.63, 3.8) is 0 Å². The van der Waals surface area contributed by atoms with Gasteiger partial charge in [0.15, 0.2) is 0 Å². The molecule has 1 aliphatic rings. The number of carbonyl (C=O) groups excluding carboxylic acids is 2. The number of likely N-dealkylation sites (tertiary alicyclic amines) is 1. The van der Waals surface area contributed by atoms with E-state index in [9.17, 15) is 14.0 Å². The zero-order valence-corrected chi connectivity index (χ0v) is 15.2. The topological polar surface area (TPSA) is 49.4 Å².